The van der Waals surface area contributed by atoms with E-state index >= 15 is 0 Å². The summed E-state index contributed by atoms with van der Waals surface area (Å²) >= 11 is 5.82. The molecule has 0 heterocycles. The average Bonchev–Trinajstić information content (AvgIpc) is 2.45. The molecule has 2 aromatic rings. The Morgan fingerprint density at radius 2 is 1.81 bits per heavy atom. The van der Waals surface area contributed by atoms with Crippen molar-refractivity contribution in [3.8, 4) is 0 Å². The number of hydrogen-bond donors (Lipinski definition) is 2. The molecule has 0 bridgehead atoms. The Kier molecular flexibility index (Phi) is 4.55. The summed E-state index contributed by atoms with van der Waals surface area (Å²) in [5, 5.41) is 2.45. The summed E-state index contributed by atoms with van der Waals surface area (Å²) in [5.74, 6) is -1.86. The number of nitrogens with one attached hydrogen (secondary N) is 1. The Morgan fingerprint density at radius 1 is 1.14 bits per heavy atom. The van der Waals surface area contributed by atoms with Crippen LogP contribution in [0.1, 0.15) is 22.0 Å². The molecule has 1 unspecified atom stereocenters. The smallest absolute Gasteiger partial charge is 0.253 e. The van der Waals surface area contributed by atoms with E-state index in [2.05, 4.69) is 5.32 Å². The van der Waals surface area contributed by atoms with Gasteiger partial charge in [-0.15, -0.1) is 0 Å². The maximum absolute atomic E-state index is 13.0. The number of amides is 2. The van der Waals surface area contributed by atoms with E-state index < -0.39 is 23.7 Å². The minimum atomic E-state index is -0.986. The first-order chi connectivity index (χ1) is 9.99. The van der Waals surface area contributed by atoms with Gasteiger partial charge in [0.2, 0.25) is 5.91 Å². The summed E-state index contributed by atoms with van der Waals surface area (Å²) in [7, 11) is 0. The van der Waals surface area contributed by atoms with Gasteiger partial charge in [-0.3, -0.25) is 9.59 Å². The Balaban J connectivity index is 2.25. The van der Waals surface area contributed by atoms with E-state index in [0.29, 0.717) is 5.56 Å². The molecular weight excluding hydrogens is 295 g/mol. The Labute approximate surface area is 125 Å². The first kappa shape index (κ1) is 15.0. The number of benzene rings is 2. The fraction of sp³-hybridized carbons (Fsp3) is 0.0667. The highest BCUT2D eigenvalue weighted by Crippen LogP contribution is 2.19. The van der Waals surface area contributed by atoms with Crippen molar-refractivity contribution in [1.29, 1.82) is 0 Å². The SMILES string of the molecule is NC(=O)C(NC(=O)c1ccc(F)cc1Cl)c1ccccc1. The van der Waals surface area contributed by atoms with Crippen LogP contribution in [0, 0.1) is 5.82 Å². The van der Waals surface area contributed by atoms with Crippen molar-refractivity contribution in [2.75, 3.05) is 0 Å². The molecule has 108 valence electrons. The Hall–Kier alpha value is -2.40. The summed E-state index contributed by atoms with van der Waals surface area (Å²) in [5.41, 5.74) is 5.93. The van der Waals surface area contributed by atoms with Gasteiger partial charge in [0.15, 0.2) is 0 Å². The highest BCUT2D eigenvalue weighted by Gasteiger charge is 2.22. The number of carbonyl (C=O) groups is 2. The van der Waals surface area contributed by atoms with E-state index in [4.69, 9.17) is 17.3 Å². The van der Waals surface area contributed by atoms with E-state index in [-0.39, 0.29) is 10.6 Å². The normalized spacial score (nSPS) is 11.7. The molecule has 4 nitrogen and oxygen atoms in total. The van der Waals surface area contributed by atoms with Crippen LogP contribution in [0.3, 0.4) is 0 Å². The molecule has 2 amide bonds. The van der Waals surface area contributed by atoms with Crippen LogP contribution in [0.2, 0.25) is 5.02 Å². The van der Waals surface area contributed by atoms with Crippen molar-refractivity contribution in [3.63, 3.8) is 0 Å². The largest absolute Gasteiger partial charge is 0.368 e. The van der Waals surface area contributed by atoms with Gasteiger partial charge in [-0.2, -0.15) is 0 Å². The predicted molar refractivity (Wildman–Crippen MR) is 77.3 cm³/mol. The van der Waals surface area contributed by atoms with Gasteiger partial charge < -0.3 is 11.1 Å². The van der Waals surface area contributed by atoms with Crippen LogP contribution in [0.25, 0.3) is 0 Å². The Morgan fingerprint density at radius 3 is 2.38 bits per heavy atom. The highest BCUT2D eigenvalue weighted by atomic mass is 35.5. The zero-order valence-corrected chi connectivity index (χ0v) is 11.6. The van der Waals surface area contributed by atoms with Crippen LogP contribution in [-0.4, -0.2) is 11.8 Å². The fourth-order valence-corrected chi connectivity index (χ4v) is 2.10. The van der Waals surface area contributed by atoms with Gasteiger partial charge in [0.25, 0.3) is 5.91 Å². The zero-order valence-electron chi connectivity index (χ0n) is 10.8. The van der Waals surface area contributed by atoms with E-state index in [1.807, 2.05) is 0 Å². The van der Waals surface area contributed by atoms with Gasteiger partial charge in [0.05, 0.1) is 10.6 Å². The summed E-state index contributed by atoms with van der Waals surface area (Å²) in [6.45, 7) is 0. The van der Waals surface area contributed by atoms with Gasteiger partial charge >= 0.3 is 0 Å². The van der Waals surface area contributed by atoms with Crippen LogP contribution in [0.5, 0.6) is 0 Å². The average molecular weight is 307 g/mol. The minimum Gasteiger partial charge on any atom is -0.368 e. The number of hydrogen-bond acceptors (Lipinski definition) is 2. The standard InChI is InChI=1S/C15H12ClFN2O2/c16-12-8-10(17)6-7-11(12)15(21)19-13(14(18)20)9-4-2-1-3-5-9/h1-8,13H,(H2,18,20)(H,19,21). The second-order valence-electron chi connectivity index (χ2n) is 4.34. The molecule has 1 atom stereocenters. The van der Waals surface area contributed by atoms with Crippen molar-refractivity contribution in [2.45, 2.75) is 6.04 Å². The van der Waals surface area contributed by atoms with Crippen molar-refractivity contribution in [3.05, 3.63) is 70.5 Å². The van der Waals surface area contributed by atoms with Gasteiger partial charge in [0, 0.05) is 0 Å². The molecule has 0 spiro atoms. The number of nitrogens with two attached hydrogens (primary N) is 1. The van der Waals surface area contributed by atoms with E-state index in [0.717, 1.165) is 12.1 Å². The molecular formula is C15H12ClFN2O2. The van der Waals surface area contributed by atoms with Crippen molar-refractivity contribution in [2.24, 2.45) is 5.73 Å². The van der Waals surface area contributed by atoms with Gasteiger partial charge in [0.1, 0.15) is 11.9 Å². The van der Waals surface area contributed by atoms with Crippen LogP contribution < -0.4 is 11.1 Å². The number of rotatable bonds is 4. The number of carbonyl (C=O) groups excluding carboxylic acids is 2. The molecule has 0 aliphatic carbocycles. The van der Waals surface area contributed by atoms with Gasteiger partial charge in [-0.25, -0.2) is 4.39 Å². The van der Waals surface area contributed by atoms with Crippen LogP contribution in [0.15, 0.2) is 48.5 Å². The molecule has 0 saturated heterocycles. The quantitative estimate of drug-likeness (QED) is 0.910. The summed E-state index contributed by atoms with van der Waals surface area (Å²) in [6.07, 6.45) is 0. The summed E-state index contributed by atoms with van der Waals surface area (Å²) in [4.78, 5) is 23.7. The lowest BCUT2D eigenvalue weighted by molar-refractivity contribution is -0.120. The molecule has 0 aromatic heterocycles. The molecule has 2 rings (SSSR count). The third-order valence-corrected chi connectivity index (χ3v) is 3.18. The monoisotopic (exact) mass is 306 g/mol. The molecule has 0 aliphatic heterocycles. The van der Waals surface area contributed by atoms with Crippen LogP contribution in [0.4, 0.5) is 4.39 Å². The molecule has 0 saturated carbocycles. The first-order valence-corrected chi connectivity index (χ1v) is 6.47. The van der Waals surface area contributed by atoms with Gasteiger partial charge in [-0.05, 0) is 23.8 Å². The van der Waals surface area contributed by atoms with Gasteiger partial charge in [-0.1, -0.05) is 41.9 Å². The van der Waals surface area contributed by atoms with Crippen LogP contribution >= 0.6 is 11.6 Å². The molecule has 21 heavy (non-hydrogen) atoms. The van der Waals surface area contributed by atoms with Crippen molar-refractivity contribution < 1.29 is 14.0 Å². The molecule has 0 aliphatic rings. The van der Waals surface area contributed by atoms with Crippen molar-refractivity contribution >= 4 is 23.4 Å². The number of halogens is 2. The third kappa shape index (κ3) is 3.58. The van der Waals surface area contributed by atoms with E-state index in [1.165, 1.54) is 6.07 Å². The molecule has 0 radical (unpaired) electrons. The lowest BCUT2D eigenvalue weighted by atomic mass is 10.1. The van der Waals surface area contributed by atoms with Crippen molar-refractivity contribution in [1.82, 2.24) is 5.32 Å². The summed E-state index contributed by atoms with van der Waals surface area (Å²) < 4.78 is 13.0. The first-order valence-electron chi connectivity index (χ1n) is 6.09. The highest BCUT2D eigenvalue weighted by molar-refractivity contribution is 6.33. The topological polar surface area (TPSA) is 72.2 Å². The summed E-state index contributed by atoms with van der Waals surface area (Å²) in [6, 6.07) is 11.0. The lowest BCUT2D eigenvalue weighted by Gasteiger charge is -2.16. The molecule has 0 fully saturated rings. The Bertz CT molecular complexity index is 677. The zero-order chi connectivity index (χ0) is 15.4. The number of primary amides is 1. The predicted octanol–water partition coefficient (Wildman–Crippen LogP) is 2.44. The second-order valence-corrected chi connectivity index (χ2v) is 4.75. The molecule has 3 N–H and O–H groups in total. The minimum absolute atomic E-state index is 0.0382. The maximum atomic E-state index is 13.0. The molecule has 2 aromatic carbocycles. The second kappa shape index (κ2) is 6.37. The fourth-order valence-electron chi connectivity index (χ4n) is 1.85. The van der Waals surface area contributed by atoms with Crippen LogP contribution in [-0.2, 0) is 4.79 Å². The van der Waals surface area contributed by atoms with E-state index in [1.54, 1.807) is 30.3 Å². The van der Waals surface area contributed by atoms with E-state index in [9.17, 15) is 14.0 Å². The lowest BCUT2D eigenvalue weighted by Crippen LogP contribution is -2.37. The molecule has 6 heteroatoms. The maximum Gasteiger partial charge on any atom is 0.253 e. The third-order valence-electron chi connectivity index (χ3n) is 2.87.